The first-order valence-electron chi connectivity index (χ1n) is 6.81. The first kappa shape index (κ1) is 10.5. The molecule has 1 amide bonds. The Hall–Kier alpha value is -1.43. The minimum absolute atomic E-state index is 0. The lowest BCUT2D eigenvalue weighted by molar-refractivity contribution is -0.671. The molecule has 3 nitrogen and oxygen atoms in total. The van der Waals surface area contributed by atoms with E-state index in [1.165, 1.54) is 24.5 Å². The van der Waals surface area contributed by atoms with Gasteiger partial charge in [0.1, 0.15) is 11.1 Å². The highest BCUT2D eigenvalue weighted by Crippen LogP contribution is 1.99. The monoisotopic (exact) mass is 358 g/mol. The van der Waals surface area contributed by atoms with Crippen LogP contribution in [0.15, 0.2) is 54.9 Å². The number of nitrogens with zero attached hydrogens (tertiary/aromatic N) is 1. The first-order chi connectivity index (χ1) is 9.47. The Morgan fingerprint density at radius 3 is 2.50 bits per heavy atom. The number of hydrogen-bond donors (Lipinski definition) is 1. The smallest absolute Gasteiger partial charge is 0.252 e. The van der Waals surface area contributed by atoms with Crippen molar-refractivity contribution in [2.45, 2.75) is 6.54 Å². The summed E-state index contributed by atoms with van der Waals surface area (Å²) in [5.74, 6) is -0.230. The fourth-order valence-corrected chi connectivity index (χ4v) is 1.46. The molecule has 0 radical (unpaired) electrons. The second-order valence-electron chi connectivity index (χ2n) is 3.66. The number of amides is 1. The van der Waals surface area contributed by atoms with Gasteiger partial charge in [0.2, 0.25) is 0 Å². The van der Waals surface area contributed by atoms with Crippen LogP contribution in [0.4, 0.5) is 0 Å². The van der Waals surface area contributed by atoms with E-state index in [1.54, 1.807) is 0 Å². The molecule has 4 heteroatoms. The third-order valence-corrected chi connectivity index (χ3v) is 2.39. The van der Waals surface area contributed by atoms with Crippen molar-refractivity contribution < 1.29 is 37.5 Å². The van der Waals surface area contributed by atoms with Crippen LogP contribution in [0.1, 0.15) is 20.0 Å². The van der Waals surface area contributed by atoms with Gasteiger partial charge in [0, 0.05) is 18.7 Å². The van der Waals surface area contributed by atoms with Gasteiger partial charge in [-0.05, 0) is 5.56 Å². The van der Waals surface area contributed by atoms with Crippen LogP contribution in [0.3, 0.4) is 0 Å². The highest BCUT2D eigenvalue weighted by atomic mass is 127. The highest BCUT2D eigenvalue weighted by molar-refractivity contribution is 5.93. The van der Waals surface area contributed by atoms with Gasteiger partial charge < -0.3 is 29.3 Å². The SMILES string of the molecule is [2H][13C]([2H])([2H])[n+]1ccc(C(=O)NCc2ccccc2)cc1.[I-]. The molecule has 18 heavy (non-hydrogen) atoms. The average Bonchev–Trinajstić information content (AvgIpc) is 2.45. The van der Waals surface area contributed by atoms with Crippen LogP contribution in [0.25, 0.3) is 0 Å². The average molecular weight is 358 g/mol. The van der Waals surface area contributed by atoms with Crippen LogP contribution in [0.2, 0.25) is 0 Å². The minimum Gasteiger partial charge on any atom is -1.00 e. The van der Waals surface area contributed by atoms with Crippen molar-refractivity contribution >= 4 is 5.91 Å². The van der Waals surface area contributed by atoms with Gasteiger partial charge in [-0.3, -0.25) is 4.79 Å². The van der Waals surface area contributed by atoms with Crippen molar-refractivity contribution in [1.29, 1.82) is 0 Å². The largest absolute Gasteiger partial charge is 1.00 e. The third-order valence-electron chi connectivity index (χ3n) is 2.39. The Kier molecular flexibility index (Phi) is 4.14. The zero-order valence-electron chi connectivity index (χ0n) is 12.6. The van der Waals surface area contributed by atoms with E-state index < -0.39 is 6.98 Å². The molecule has 1 aromatic heterocycles. The molecular formula is C14H15IN2O. The number of carbonyl (C=O) groups is 1. The standard InChI is InChI=1S/C14H14N2O.HI/c1-16-9-7-13(8-10-16)14(17)15-11-12-5-3-2-4-6-12;/h2-10H,11H2,1H3;1H/i1+1D3;. The van der Waals surface area contributed by atoms with Crippen molar-refractivity contribution in [2.75, 3.05) is 0 Å². The van der Waals surface area contributed by atoms with Gasteiger partial charge in [0.15, 0.2) is 12.4 Å². The van der Waals surface area contributed by atoms with Gasteiger partial charge in [-0.15, -0.1) is 0 Å². The molecule has 1 aromatic carbocycles. The highest BCUT2D eigenvalue weighted by Gasteiger charge is 2.06. The summed E-state index contributed by atoms with van der Waals surface area (Å²) in [6.07, 6.45) is 2.76. The van der Waals surface area contributed by atoms with Gasteiger partial charge in [0.25, 0.3) is 5.91 Å². The molecule has 0 saturated heterocycles. The summed E-state index contributed by atoms with van der Waals surface area (Å²) in [5, 5.41) is 2.78. The van der Waals surface area contributed by atoms with E-state index >= 15 is 0 Å². The molecule has 0 spiro atoms. The molecular weight excluding hydrogens is 340 g/mol. The number of nitrogens with one attached hydrogen (secondary N) is 1. The van der Waals surface area contributed by atoms with E-state index in [0.29, 0.717) is 12.1 Å². The van der Waals surface area contributed by atoms with Crippen LogP contribution >= 0.6 is 0 Å². The Labute approximate surface area is 128 Å². The molecule has 94 valence electrons. The Morgan fingerprint density at radius 1 is 1.22 bits per heavy atom. The summed E-state index contributed by atoms with van der Waals surface area (Å²) in [6, 6.07) is 12.6. The van der Waals surface area contributed by atoms with Gasteiger partial charge >= 0.3 is 0 Å². The van der Waals surface area contributed by atoms with Crippen molar-refractivity contribution in [2.24, 2.45) is 6.98 Å². The number of pyridine rings is 1. The molecule has 0 bridgehead atoms. The molecule has 0 saturated carbocycles. The third kappa shape index (κ3) is 4.10. The van der Waals surface area contributed by atoms with Crippen LogP contribution in [0, 0.1) is 0 Å². The molecule has 0 fully saturated rings. The molecule has 0 atom stereocenters. The van der Waals surface area contributed by atoms with E-state index in [4.69, 9.17) is 4.11 Å². The topological polar surface area (TPSA) is 33.0 Å². The van der Waals surface area contributed by atoms with Crippen molar-refractivity contribution in [1.82, 2.24) is 5.32 Å². The maximum atomic E-state index is 11.9. The van der Waals surface area contributed by atoms with Crippen LogP contribution in [0.5, 0.6) is 0 Å². The summed E-state index contributed by atoms with van der Waals surface area (Å²) < 4.78 is 22.8. The van der Waals surface area contributed by atoms with Gasteiger partial charge in [-0.25, -0.2) is 4.57 Å². The summed E-state index contributed by atoms with van der Waals surface area (Å²) in [5.41, 5.74) is 1.44. The number of aromatic nitrogens is 1. The van der Waals surface area contributed by atoms with E-state index in [1.807, 2.05) is 30.3 Å². The number of rotatable bonds is 3. The molecule has 0 aliphatic carbocycles. The Bertz CT molecular complexity index is 585. The normalized spacial score (nSPS) is 12.6. The fraction of sp³-hybridized carbons (Fsp3) is 0.143. The first-order valence-corrected chi connectivity index (χ1v) is 5.31. The number of halogens is 1. The maximum Gasteiger partial charge on any atom is 0.252 e. The second kappa shape index (κ2) is 7.10. The van der Waals surface area contributed by atoms with Gasteiger partial charge in [-0.1, -0.05) is 30.3 Å². The zero-order valence-corrected chi connectivity index (χ0v) is 11.8. The summed E-state index contributed by atoms with van der Waals surface area (Å²) in [7, 11) is 0. The molecule has 0 unspecified atom stereocenters. The Balaban J connectivity index is 0.00000220. The summed E-state index contributed by atoms with van der Waals surface area (Å²) in [4.78, 5) is 11.9. The zero-order chi connectivity index (χ0) is 14.6. The Morgan fingerprint density at radius 2 is 1.89 bits per heavy atom. The van der Waals surface area contributed by atoms with Crippen molar-refractivity contribution in [3.8, 4) is 0 Å². The predicted molar refractivity (Wildman–Crippen MR) is 65.2 cm³/mol. The molecule has 2 aromatic rings. The molecule has 0 aliphatic rings. The number of hydrogen-bond acceptors (Lipinski definition) is 1. The summed E-state index contributed by atoms with van der Waals surface area (Å²) in [6.45, 7) is -1.78. The van der Waals surface area contributed by atoms with E-state index in [2.05, 4.69) is 5.32 Å². The second-order valence-corrected chi connectivity index (χ2v) is 3.66. The van der Waals surface area contributed by atoms with Crippen LogP contribution in [-0.4, -0.2) is 5.91 Å². The van der Waals surface area contributed by atoms with Crippen molar-refractivity contribution in [3.63, 3.8) is 0 Å². The summed E-state index contributed by atoms with van der Waals surface area (Å²) >= 11 is 0. The quantitative estimate of drug-likeness (QED) is 0.402. The molecule has 0 aliphatic heterocycles. The number of carbonyl (C=O) groups excluding carboxylic acids is 1. The van der Waals surface area contributed by atoms with E-state index in [9.17, 15) is 4.79 Å². The number of benzene rings is 1. The number of aryl methyl sites for hydroxylation is 1. The predicted octanol–water partition coefficient (Wildman–Crippen LogP) is -1.55. The van der Waals surface area contributed by atoms with Crippen molar-refractivity contribution in [3.05, 3.63) is 66.0 Å². The van der Waals surface area contributed by atoms with Crippen LogP contribution < -0.4 is 33.9 Å². The molecule has 1 heterocycles. The minimum atomic E-state index is -2.22. The maximum absolute atomic E-state index is 11.9. The van der Waals surface area contributed by atoms with E-state index in [-0.39, 0.29) is 29.9 Å². The molecule has 1 N–H and O–H groups in total. The van der Waals surface area contributed by atoms with E-state index in [0.717, 1.165) is 10.1 Å². The lowest BCUT2D eigenvalue weighted by Gasteiger charge is -2.04. The fourth-order valence-electron chi connectivity index (χ4n) is 1.46. The molecule has 2 rings (SSSR count). The van der Waals surface area contributed by atoms with Crippen LogP contribution in [-0.2, 0) is 13.5 Å². The lowest BCUT2D eigenvalue weighted by atomic mass is 10.2. The van der Waals surface area contributed by atoms with Gasteiger partial charge in [-0.2, -0.15) is 0 Å². The lowest BCUT2D eigenvalue weighted by Crippen LogP contribution is -3.00. The van der Waals surface area contributed by atoms with Gasteiger partial charge in [0.05, 0.1) is 5.56 Å².